The molecule has 0 radical (unpaired) electrons. The quantitative estimate of drug-likeness (QED) is 0.855. The van der Waals surface area contributed by atoms with E-state index >= 15 is 0 Å². The normalized spacial score (nSPS) is 20.3. The van der Waals surface area contributed by atoms with Gasteiger partial charge in [-0.3, -0.25) is 9.59 Å². The molecule has 1 aromatic heterocycles. The highest BCUT2D eigenvalue weighted by Crippen LogP contribution is 2.27. The van der Waals surface area contributed by atoms with Gasteiger partial charge in [0.1, 0.15) is 12.3 Å². The fourth-order valence-electron chi connectivity index (χ4n) is 2.51. The number of likely N-dealkylation sites (tertiary alicyclic amines) is 1. The van der Waals surface area contributed by atoms with Crippen molar-refractivity contribution in [3.05, 3.63) is 24.2 Å². The topological polar surface area (TPSA) is 53.8 Å². The molecule has 0 bridgehead atoms. The maximum atomic E-state index is 12.4. The molecule has 0 aliphatic carbocycles. The van der Waals surface area contributed by atoms with Crippen LogP contribution in [0.5, 0.6) is 0 Å². The van der Waals surface area contributed by atoms with E-state index in [1.54, 1.807) is 26.1 Å². The summed E-state index contributed by atoms with van der Waals surface area (Å²) in [6, 6.07) is 3.05. The van der Waals surface area contributed by atoms with Crippen molar-refractivity contribution in [3.8, 4) is 0 Å². The zero-order valence-corrected chi connectivity index (χ0v) is 12.3. The van der Waals surface area contributed by atoms with E-state index in [4.69, 9.17) is 4.42 Å². The van der Waals surface area contributed by atoms with Crippen molar-refractivity contribution in [1.82, 2.24) is 9.80 Å². The molecule has 1 aromatic rings. The second-order valence-electron chi connectivity index (χ2n) is 5.43. The molecule has 0 N–H and O–H groups in total. The second kappa shape index (κ2) is 6.02. The Balaban J connectivity index is 2.00. The molecular weight excluding hydrogens is 301 g/mol. The van der Waals surface area contributed by atoms with Gasteiger partial charge in [-0.2, -0.15) is 13.2 Å². The van der Waals surface area contributed by atoms with E-state index in [-0.39, 0.29) is 24.9 Å². The van der Waals surface area contributed by atoms with Crippen molar-refractivity contribution in [1.29, 1.82) is 0 Å². The molecule has 5 nitrogen and oxygen atoms in total. The lowest BCUT2D eigenvalue weighted by Gasteiger charge is -2.26. The molecular formula is C14H17F3N2O3. The lowest BCUT2D eigenvalue weighted by atomic mass is 10.1. The van der Waals surface area contributed by atoms with Gasteiger partial charge in [-0.15, -0.1) is 0 Å². The number of rotatable bonds is 4. The molecule has 0 saturated carbocycles. The molecule has 0 aromatic carbocycles. The summed E-state index contributed by atoms with van der Waals surface area (Å²) in [4.78, 5) is 26.1. The third-order valence-electron chi connectivity index (χ3n) is 3.82. The van der Waals surface area contributed by atoms with E-state index in [2.05, 4.69) is 0 Å². The number of furan rings is 1. The van der Waals surface area contributed by atoms with Crippen LogP contribution in [0.25, 0.3) is 0 Å². The smallest absolute Gasteiger partial charge is 0.406 e. The summed E-state index contributed by atoms with van der Waals surface area (Å²) < 4.78 is 42.4. The van der Waals surface area contributed by atoms with Crippen LogP contribution >= 0.6 is 0 Å². The van der Waals surface area contributed by atoms with E-state index in [1.165, 1.54) is 11.2 Å². The first kappa shape index (κ1) is 16.4. The minimum atomic E-state index is -4.46. The zero-order valence-electron chi connectivity index (χ0n) is 12.3. The molecule has 2 unspecified atom stereocenters. The molecule has 2 rings (SSSR count). The first-order chi connectivity index (χ1) is 10.2. The van der Waals surface area contributed by atoms with E-state index in [1.807, 2.05) is 0 Å². The van der Waals surface area contributed by atoms with Gasteiger partial charge in [0.15, 0.2) is 0 Å². The summed E-state index contributed by atoms with van der Waals surface area (Å²) in [5.41, 5.74) is 0. The van der Waals surface area contributed by atoms with Crippen LogP contribution in [0.15, 0.2) is 22.8 Å². The van der Waals surface area contributed by atoms with Crippen LogP contribution in [0.4, 0.5) is 13.2 Å². The monoisotopic (exact) mass is 318 g/mol. The number of carbonyl (C=O) groups excluding carboxylic acids is 2. The fourth-order valence-corrected chi connectivity index (χ4v) is 2.51. The predicted molar refractivity (Wildman–Crippen MR) is 70.6 cm³/mol. The summed E-state index contributed by atoms with van der Waals surface area (Å²) >= 11 is 0. The van der Waals surface area contributed by atoms with Crippen LogP contribution in [0.1, 0.15) is 25.1 Å². The van der Waals surface area contributed by atoms with Crippen molar-refractivity contribution in [2.45, 2.75) is 25.6 Å². The van der Waals surface area contributed by atoms with E-state index in [0.29, 0.717) is 10.7 Å². The average molecular weight is 318 g/mol. The molecule has 1 fully saturated rings. The molecule has 1 saturated heterocycles. The minimum absolute atomic E-state index is 0.190. The Bertz CT molecular complexity index is 542. The van der Waals surface area contributed by atoms with Crippen LogP contribution in [0.3, 0.4) is 0 Å². The van der Waals surface area contributed by atoms with Gasteiger partial charge in [-0.05, 0) is 19.1 Å². The van der Waals surface area contributed by atoms with E-state index in [9.17, 15) is 22.8 Å². The number of nitrogens with zero attached hydrogens (tertiary/aromatic N) is 2. The lowest BCUT2D eigenvalue weighted by Crippen LogP contribution is -2.38. The number of amides is 2. The van der Waals surface area contributed by atoms with Gasteiger partial charge in [0.25, 0.3) is 0 Å². The van der Waals surface area contributed by atoms with Gasteiger partial charge in [0.2, 0.25) is 11.8 Å². The Morgan fingerprint density at radius 2 is 2.23 bits per heavy atom. The highest BCUT2D eigenvalue weighted by molar-refractivity contribution is 5.89. The molecule has 2 heterocycles. The van der Waals surface area contributed by atoms with Crippen LogP contribution in [-0.4, -0.2) is 47.9 Å². The highest BCUT2D eigenvalue weighted by atomic mass is 19.4. The fraction of sp³-hybridized carbons (Fsp3) is 0.571. The Morgan fingerprint density at radius 3 is 2.77 bits per heavy atom. The standard InChI is InChI=1S/C14H17F3N2O3/c1-9(11-4-3-5-22-11)18(2)13(21)10-6-12(20)19(7-10)8-14(15,16)17/h3-5,9-10H,6-8H2,1-2H3. The molecule has 0 spiro atoms. The molecule has 2 atom stereocenters. The van der Waals surface area contributed by atoms with Crippen molar-refractivity contribution in [2.24, 2.45) is 5.92 Å². The number of hydrogen-bond acceptors (Lipinski definition) is 3. The van der Waals surface area contributed by atoms with Gasteiger partial charge in [-0.1, -0.05) is 0 Å². The summed E-state index contributed by atoms with van der Waals surface area (Å²) in [5.74, 6) is -1.18. The maximum absolute atomic E-state index is 12.4. The predicted octanol–water partition coefficient (Wildman–Crippen LogP) is 2.21. The highest BCUT2D eigenvalue weighted by Gasteiger charge is 2.41. The van der Waals surface area contributed by atoms with E-state index in [0.717, 1.165) is 0 Å². The van der Waals surface area contributed by atoms with Crippen LogP contribution in [-0.2, 0) is 9.59 Å². The number of alkyl halides is 3. The van der Waals surface area contributed by atoms with Gasteiger partial charge in [0, 0.05) is 20.0 Å². The summed E-state index contributed by atoms with van der Waals surface area (Å²) in [6.45, 7) is 0.237. The molecule has 8 heteroatoms. The maximum Gasteiger partial charge on any atom is 0.406 e. The number of halogens is 3. The third-order valence-corrected chi connectivity index (χ3v) is 3.82. The molecule has 122 valence electrons. The largest absolute Gasteiger partial charge is 0.467 e. The van der Waals surface area contributed by atoms with Crippen LogP contribution < -0.4 is 0 Å². The van der Waals surface area contributed by atoms with E-state index < -0.39 is 24.5 Å². The van der Waals surface area contributed by atoms with Crippen LogP contribution in [0, 0.1) is 5.92 Å². The van der Waals surface area contributed by atoms with Crippen molar-refractivity contribution in [3.63, 3.8) is 0 Å². The summed E-state index contributed by atoms with van der Waals surface area (Å²) in [7, 11) is 1.55. The molecule has 1 aliphatic heterocycles. The summed E-state index contributed by atoms with van der Waals surface area (Å²) in [5, 5.41) is 0. The first-order valence-electron chi connectivity index (χ1n) is 6.83. The Labute approximate surface area is 125 Å². The van der Waals surface area contributed by atoms with Gasteiger partial charge in [-0.25, -0.2) is 0 Å². The average Bonchev–Trinajstić information content (AvgIpc) is 3.05. The third kappa shape index (κ3) is 3.61. The molecule has 22 heavy (non-hydrogen) atoms. The van der Waals surface area contributed by atoms with Gasteiger partial charge >= 0.3 is 6.18 Å². The van der Waals surface area contributed by atoms with Gasteiger partial charge < -0.3 is 14.2 Å². The Kier molecular flexibility index (Phi) is 4.48. The summed E-state index contributed by atoms with van der Waals surface area (Å²) in [6.07, 6.45) is -3.17. The van der Waals surface area contributed by atoms with Crippen molar-refractivity contribution in [2.75, 3.05) is 20.1 Å². The minimum Gasteiger partial charge on any atom is -0.467 e. The number of carbonyl (C=O) groups is 2. The van der Waals surface area contributed by atoms with Crippen LogP contribution in [0.2, 0.25) is 0 Å². The van der Waals surface area contributed by atoms with Crippen molar-refractivity contribution >= 4 is 11.8 Å². The Hall–Kier alpha value is -1.99. The second-order valence-corrected chi connectivity index (χ2v) is 5.43. The molecule has 1 aliphatic rings. The molecule has 2 amide bonds. The van der Waals surface area contributed by atoms with Crippen molar-refractivity contribution < 1.29 is 27.2 Å². The first-order valence-corrected chi connectivity index (χ1v) is 6.83. The Morgan fingerprint density at radius 1 is 1.55 bits per heavy atom. The number of hydrogen-bond donors (Lipinski definition) is 0. The zero-order chi connectivity index (χ0) is 16.5. The van der Waals surface area contributed by atoms with Gasteiger partial charge in [0.05, 0.1) is 18.2 Å². The SMILES string of the molecule is CC(c1ccco1)N(C)C(=O)C1CC(=O)N(CC(F)(F)F)C1. The lowest BCUT2D eigenvalue weighted by molar-refractivity contribution is -0.157.